The molecule has 2 aromatic carbocycles. The first kappa shape index (κ1) is 19.4. The third-order valence-corrected chi connectivity index (χ3v) is 6.34. The van der Waals surface area contributed by atoms with E-state index in [1.165, 1.54) is 24.3 Å². The van der Waals surface area contributed by atoms with Crippen molar-refractivity contribution >= 4 is 15.7 Å². The van der Waals surface area contributed by atoms with E-state index in [4.69, 9.17) is 4.74 Å². The molecule has 1 aliphatic rings. The Hall–Kier alpha value is -2.41. The molecule has 0 N–H and O–H groups in total. The van der Waals surface area contributed by atoms with Crippen molar-refractivity contribution in [2.45, 2.75) is 25.9 Å². The molecule has 0 radical (unpaired) electrons. The molecule has 1 heterocycles. The van der Waals surface area contributed by atoms with Crippen LogP contribution in [-0.2, 0) is 16.4 Å². The van der Waals surface area contributed by atoms with Crippen LogP contribution in [0.3, 0.4) is 0 Å². The highest BCUT2D eigenvalue weighted by Crippen LogP contribution is 2.23. The first-order valence-electron chi connectivity index (χ1n) is 8.86. The van der Waals surface area contributed by atoms with Crippen molar-refractivity contribution in [2.24, 2.45) is 0 Å². The zero-order chi connectivity index (χ0) is 19.4. The van der Waals surface area contributed by atoms with Crippen LogP contribution in [0.5, 0.6) is 5.75 Å². The van der Waals surface area contributed by atoms with Gasteiger partial charge in [0.05, 0.1) is 18.1 Å². The topological polar surface area (TPSA) is 63.7 Å². The van der Waals surface area contributed by atoms with Crippen molar-refractivity contribution in [1.29, 1.82) is 0 Å². The lowest BCUT2D eigenvalue weighted by molar-refractivity contribution is 0.0681. The molecule has 0 aliphatic carbocycles. The Bertz CT molecular complexity index is 895. The highest BCUT2D eigenvalue weighted by Gasteiger charge is 2.35. The van der Waals surface area contributed by atoms with Crippen LogP contribution < -0.4 is 4.74 Å². The fraction of sp³-hybridized carbons (Fsp3) is 0.350. The van der Waals surface area contributed by atoms with Crippen LogP contribution in [-0.4, -0.2) is 43.4 Å². The predicted octanol–water partition coefficient (Wildman–Crippen LogP) is 3.05. The monoisotopic (exact) mass is 391 g/mol. The fourth-order valence-corrected chi connectivity index (χ4v) is 4.93. The molecule has 0 bridgehead atoms. The Kier molecular flexibility index (Phi) is 5.79. The summed E-state index contributed by atoms with van der Waals surface area (Å²) in [5.41, 5.74) is 1.21. The quantitative estimate of drug-likeness (QED) is 0.759. The molecule has 1 atom stereocenters. The maximum atomic E-state index is 13.2. The number of halogens is 1. The molecule has 1 aliphatic heterocycles. The van der Waals surface area contributed by atoms with Gasteiger partial charge < -0.3 is 9.64 Å². The van der Waals surface area contributed by atoms with Gasteiger partial charge in [-0.15, -0.1) is 0 Å². The molecule has 5 nitrogen and oxygen atoms in total. The van der Waals surface area contributed by atoms with Crippen LogP contribution in [0.15, 0.2) is 48.5 Å². The number of rotatable bonds is 6. The summed E-state index contributed by atoms with van der Waals surface area (Å²) in [6.07, 6.45) is 0.409. The molecule has 144 valence electrons. The molecule has 2 aromatic rings. The van der Waals surface area contributed by atoms with E-state index in [9.17, 15) is 17.6 Å². The molecule has 0 aromatic heterocycles. The molecule has 7 heteroatoms. The maximum absolute atomic E-state index is 13.2. The van der Waals surface area contributed by atoms with Gasteiger partial charge in [-0.3, -0.25) is 4.79 Å². The van der Waals surface area contributed by atoms with Gasteiger partial charge in [0.25, 0.3) is 5.91 Å². The van der Waals surface area contributed by atoms with Gasteiger partial charge in [0.2, 0.25) is 0 Å². The number of nitrogens with zero attached hydrogens (tertiary/aromatic N) is 1. The van der Waals surface area contributed by atoms with Crippen molar-refractivity contribution in [3.05, 3.63) is 65.5 Å². The van der Waals surface area contributed by atoms with Crippen LogP contribution >= 0.6 is 0 Å². The minimum atomic E-state index is -3.14. The Morgan fingerprint density at radius 1 is 1.15 bits per heavy atom. The zero-order valence-corrected chi connectivity index (χ0v) is 15.9. The van der Waals surface area contributed by atoms with E-state index in [2.05, 4.69) is 0 Å². The second-order valence-corrected chi connectivity index (χ2v) is 8.80. The minimum Gasteiger partial charge on any atom is -0.494 e. The lowest BCUT2D eigenvalue weighted by atomic mass is 10.1. The molecule has 1 fully saturated rings. The lowest BCUT2D eigenvalue weighted by Gasteiger charge is -2.28. The molecule has 0 saturated carbocycles. The Labute approximate surface area is 158 Å². The van der Waals surface area contributed by atoms with Crippen molar-refractivity contribution in [3.8, 4) is 5.75 Å². The van der Waals surface area contributed by atoms with E-state index >= 15 is 0 Å². The molecule has 1 saturated heterocycles. The number of ether oxygens (including phenoxy) is 1. The van der Waals surface area contributed by atoms with Crippen LogP contribution in [0, 0.1) is 5.82 Å². The molecular formula is C20H22FNO4S. The lowest BCUT2D eigenvalue weighted by Crippen LogP contribution is -2.40. The number of carbonyl (C=O) groups is 1. The van der Waals surface area contributed by atoms with Crippen molar-refractivity contribution in [1.82, 2.24) is 4.90 Å². The van der Waals surface area contributed by atoms with Crippen LogP contribution in [0.1, 0.15) is 29.3 Å². The zero-order valence-electron chi connectivity index (χ0n) is 15.1. The normalized spacial score (nSPS) is 18.2. The summed E-state index contributed by atoms with van der Waals surface area (Å²) in [5.74, 6) is 0.0469. The summed E-state index contributed by atoms with van der Waals surface area (Å²) in [6, 6.07) is 12.3. The van der Waals surface area contributed by atoms with Crippen molar-refractivity contribution in [3.63, 3.8) is 0 Å². The van der Waals surface area contributed by atoms with Gasteiger partial charge in [-0.25, -0.2) is 12.8 Å². The number of sulfone groups is 1. The first-order valence-corrected chi connectivity index (χ1v) is 10.7. The Balaban J connectivity index is 1.85. The summed E-state index contributed by atoms with van der Waals surface area (Å²) in [4.78, 5) is 14.6. The maximum Gasteiger partial charge on any atom is 0.254 e. The third kappa shape index (κ3) is 4.86. The SMILES string of the molecule is CCOc1ccc(CN(C(=O)c2ccc(F)cc2)[C@H]2CCS(=O)(=O)C2)cc1. The minimum absolute atomic E-state index is 0.0447. The van der Waals surface area contributed by atoms with Gasteiger partial charge in [0.1, 0.15) is 11.6 Å². The summed E-state index contributed by atoms with van der Waals surface area (Å²) in [7, 11) is -3.14. The number of hydrogen-bond acceptors (Lipinski definition) is 4. The second kappa shape index (κ2) is 8.08. The summed E-state index contributed by atoms with van der Waals surface area (Å²) in [5, 5.41) is 0. The smallest absolute Gasteiger partial charge is 0.254 e. The standard InChI is InChI=1S/C20H22FNO4S/c1-2-26-19-9-3-15(4-10-19)13-22(18-11-12-27(24,25)14-18)20(23)16-5-7-17(21)8-6-16/h3-10,18H,2,11-14H2,1H3/t18-/m0/s1. The molecule has 3 rings (SSSR count). The largest absolute Gasteiger partial charge is 0.494 e. The van der Waals surface area contributed by atoms with Gasteiger partial charge in [0, 0.05) is 18.2 Å². The summed E-state index contributed by atoms with van der Waals surface area (Å²) < 4.78 is 42.4. The number of hydrogen-bond donors (Lipinski definition) is 0. The van der Waals surface area contributed by atoms with Gasteiger partial charge in [-0.2, -0.15) is 0 Å². The average molecular weight is 391 g/mol. The number of carbonyl (C=O) groups excluding carboxylic acids is 1. The van der Waals surface area contributed by atoms with Gasteiger partial charge in [0.15, 0.2) is 9.84 Å². The van der Waals surface area contributed by atoms with E-state index < -0.39 is 15.7 Å². The van der Waals surface area contributed by atoms with E-state index in [0.717, 1.165) is 11.3 Å². The number of benzene rings is 2. The summed E-state index contributed by atoms with van der Waals surface area (Å²) in [6.45, 7) is 2.74. The molecule has 0 unspecified atom stereocenters. The van der Waals surface area contributed by atoms with Crippen LogP contribution in [0.2, 0.25) is 0 Å². The van der Waals surface area contributed by atoms with Crippen LogP contribution in [0.25, 0.3) is 0 Å². The van der Waals surface area contributed by atoms with Crippen molar-refractivity contribution < 1.29 is 22.3 Å². The van der Waals surface area contributed by atoms with E-state index in [1.807, 2.05) is 31.2 Å². The summed E-state index contributed by atoms with van der Waals surface area (Å²) >= 11 is 0. The van der Waals surface area contributed by atoms with Gasteiger partial charge in [-0.1, -0.05) is 12.1 Å². The van der Waals surface area contributed by atoms with Gasteiger partial charge in [-0.05, 0) is 55.3 Å². The first-order chi connectivity index (χ1) is 12.9. The highest BCUT2D eigenvalue weighted by atomic mass is 32.2. The Morgan fingerprint density at radius 2 is 1.81 bits per heavy atom. The Morgan fingerprint density at radius 3 is 2.37 bits per heavy atom. The molecule has 0 spiro atoms. The third-order valence-electron chi connectivity index (χ3n) is 4.59. The average Bonchev–Trinajstić information content (AvgIpc) is 3.01. The van der Waals surface area contributed by atoms with E-state index in [0.29, 0.717) is 18.6 Å². The number of amides is 1. The van der Waals surface area contributed by atoms with Crippen molar-refractivity contribution in [2.75, 3.05) is 18.1 Å². The fourth-order valence-electron chi connectivity index (χ4n) is 3.20. The van der Waals surface area contributed by atoms with E-state index in [1.54, 1.807) is 4.90 Å². The predicted molar refractivity (Wildman–Crippen MR) is 101 cm³/mol. The van der Waals surface area contributed by atoms with Gasteiger partial charge >= 0.3 is 0 Å². The van der Waals surface area contributed by atoms with E-state index in [-0.39, 0.29) is 30.0 Å². The van der Waals surface area contributed by atoms with Crippen LogP contribution in [0.4, 0.5) is 4.39 Å². The highest BCUT2D eigenvalue weighted by molar-refractivity contribution is 7.91. The molecular weight excluding hydrogens is 369 g/mol. The second-order valence-electron chi connectivity index (χ2n) is 6.57. The molecule has 27 heavy (non-hydrogen) atoms. The molecule has 1 amide bonds.